The van der Waals surface area contributed by atoms with Crippen LogP contribution in [0.4, 0.5) is 4.39 Å². The number of benzene rings is 1. The van der Waals surface area contributed by atoms with E-state index in [0.29, 0.717) is 25.2 Å². The summed E-state index contributed by atoms with van der Waals surface area (Å²) in [6.07, 6.45) is 2.57. The highest BCUT2D eigenvalue weighted by Gasteiger charge is 2.14. The first-order chi connectivity index (χ1) is 13.9. The molecule has 3 aromatic rings. The van der Waals surface area contributed by atoms with E-state index in [9.17, 15) is 14.0 Å². The summed E-state index contributed by atoms with van der Waals surface area (Å²) in [5.74, 6) is -0.620. The fourth-order valence-electron chi connectivity index (χ4n) is 3.01. The normalized spacial score (nSPS) is 10.9. The van der Waals surface area contributed by atoms with Gasteiger partial charge >= 0.3 is 5.97 Å². The average Bonchev–Trinajstić information content (AvgIpc) is 3.16. The van der Waals surface area contributed by atoms with Gasteiger partial charge in [-0.25, -0.2) is 13.9 Å². The highest BCUT2D eigenvalue weighted by atomic mass is 19.1. The molecule has 1 N–H and O–H groups in total. The molecule has 0 radical (unpaired) electrons. The molecule has 0 aliphatic carbocycles. The average molecular weight is 399 g/mol. The predicted octanol–water partition coefficient (Wildman–Crippen LogP) is 1.71. The van der Waals surface area contributed by atoms with Gasteiger partial charge in [-0.3, -0.25) is 9.59 Å². The maximum atomic E-state index is 12.9. The number of carbonyl (C=O) groups is 2. The van der Waals surface area contributed by atoms with Gasteiger partial charge in [0.05, 0.1) is 0 Å². The molecule has 8 nitrogen and oxygen atoms in total. The van der Waals surface area contributed by atoms with Crippen molar-refractivity contribution in [2.45, 2.75) is 33.1 Å². The van der Waals surface area contributed by atoms with Gasteiger partial charge in [-0.15, -0.1) is 0 Å². The number of hydrogen-bond donors (Lipinski definition) is 1. The van der Waals surface area contributed by atoms with Crippen molar-refractivity contribution in [3.05, 3.63) is 58.9 Å². The van der Waals surface area contributed by atoms with E-state index in [2.05, 4.69) is 20.4 Å². The minimum absolute atomic E-state index is 0.131. The Morgan fingerprint density at radius 3 is 2.69 bits per heavy atom. The van der Waals surface area contributed by atoms with Crippen LogP contribution >= 0.6 is 0 Å². The van der Waals surface area contributed by atoms with Crippen LogP contribution in [0.3, 0.4) is 0 Å². The van der Waals surface area contributed by atoms with Crippen LogP contribution in [-0.2, 0) is 27.2 Å². The third-order valence-electron chi connectivity index (χ3n) is 4.58. The van der Waals surface area contributed by atoms with Gasteiger partial charge in [-0.2, -0.15) is 10.1 Å². The van der Waals surface area contributed by atoms with Crippen LogP contribution in [0.5, 0.6) is 0 Å². The number of rotatable bonds is 8. The van der Waals surface area contributed by atoms with Crippen molar-refractivity contribution in [3.63, 3.8) is 0 Å². The molecule has 152 valence electrons. The van der Waals surface area contributed by atoms with Crippen LogP contribution in [0.1, 0.15) is 28.9 Å². The van der Waals surface area contributed by atoms with Crippen LogP contribution in [0.25, 0.3) is 5.78 Å². The number of hydrogen-bond acceptors (Lipinski definition) is 6. The Morgan fingerprint density at radius 2 is 1.93 bits per heavy atom. The Labute approximate surface area is 167 Å². The van der Waals surface area contributed by atoms with Gasteiger partial charge in [0.2, 0.25) is 0 Å². The summed E-state index contributed by atoms with van der Waals surface area (Å²) in [5.41, 5.74) is 3.47. The lowest BCUT2D eigenvalue weighted by Gasteiger charge is -2.10. The van der Waals surface area contributed by atoms with E-state index in [-0.39, 0.29) is 24.8 Å². The van der Waals surface area contributed by atoms with Gasteiger partial charge in [-0.05, 0) is 49.9 Å². The van der Waals surface area contributed by atoms with Crippen molar-refractivity contribution < 1.29 is 18.7 Å². The van der Waals surface area contributed by atoms with Gasteiger partial charge in [-0.1, -0.05) is 12.1 Å². The maximum absolute atomic E-state index is 12.9. The lowest BCUT2D eigenvalue weighted by molar-refractivity contribution is -0.148. The van der Waals surface area contributed by atoms with Crippen LogP contribution in [0, 0.1) is 19.7 Å². The van der Waals surface area contributed by atoms with Gasteiger partial charge in [0.25, 0.3) is 11.7 Å². The van der Waals surface area contributed by atoms with Crippen molar-refractivity contribution in [3.8, 4) is 0 Å². The molecule has 0 aliphatic rings. The van der Waals surface area contributed by atoms with E-state index < -0.39 is 5.97 Å². The van der Waals surface area contributed by atoms with E-state index in [1.165, 1.54) is 18.5 Å². The summed E-state index contributed by atoms with van der Waals surface area (Å²) in [4.78, 5) is 32.2. The monoisotopic (exact) mass is 399 g/mol. The Bertz CT molecular complexity index is 1020. The van der Waals surface area contributed by atoms with Crippen molar-refractivity contribution in [1.82, 2.24) is 24.9 Å². The summed E-state index contributed by atoms with van der Waals surface area (Å²) >= 11 is 0. The van der Waals surface area contributed by atoms with Crippen LogP contribution in [0.15, 0.2) is 30.6 Å². The first-order valence-electron chi connectivity index (χ1n) is 9.26. The summed E-state index contributed by atoms with van der Waals surface area (Å²) in [7, 11) is 0. The number of nitrogens with one attached hydrogen (secondary N) is 1. The summed E-state index contributed by atoms with van der Waals surface area (Å²) < 4.78 is 19.5. The third kappa shape index (κ3) is 5.34. The summed E-state index contributed by atoms with van der Waals surface area (Å²) in [6, 6.07) is 6.07. The molecule has 29 heavy (non-hydrogen) atoms. The molecule has 0 unspecified atom stereocenters. The van der Waals surface area contributed by atoms with Crippen molar-refractivity contribution >= 4 is 17.7 Å². The molecule has 9 heteroatoms. The van der Waals surface area contributed by atoms with Crippen LogP contribution in [-0.4, -0.2) is 44.6 Å². The Kier molecular flexibility index (Phi) is 6.48. The molecule has 0 spiro atoms. The largest absolute Gasteiger partial charge is 0.456 e. The number of nitrogens with zero attached hydrogens (tertiary/aromatic N) is 4. The van der Waals surface area contributed by atoms with Crippen molar-refractivity contribution in [1.29, 1.82) is 0 Å². The second-order valence-electron chi connectivity index (χ2n) is 6.62. The highest BCUT2D eigenvalue weighted by Crippen LogP contribution is 2.15. The molecular formula is C20H22FN5O3. The number of carbonyl (C=O) groups excluding carboxylic acids is 2. The number of fused-ring (bicyclic) bond motifs is 1. The second-order valence-corrected chi connectivity index (χ2v) is 6.62. The minimum atomic E-state index is -0.462. The predicted molar refractivity (Wildman–Crippen MR) is 103 cm³/mol. The first-order valence-corrected chi connectivity index (χ1v) is 9.26. The molecule has 0 atom stereocenters. The van der Waals surface area contributed by atoms with Gasteiger partial charge in [0.1, 0.15) is 12.1 Å². The lowest BCUT2D eigenvalue weighted by Crippen LogP contribution is -2.30. The molecule has 0 saturated carbocycles. The van der Waals surface area contributed by atoms with E-state index in [4.69, 9.17) is 4.74 Å². The zero-order valence-electron chi connectivity index (χ0n) is 16.3. The molecule has 0 aliphatic heterocycles. The Hall–Kier alpha value is -3.36. The molecule has 0 bridgehead atoms. The van der Waals surface area contributed by atoms with E-state index in [1.54, 1.807) is 16.6 Å². The zero-order valence-corrected chi connectivity index (χ0v) is 16.3. The molecule has 0 fully saturated rings. The van der Waals surface area contributed by atoms with Crippen LogP contribution < -0.4 is 5.32 Å². The highest BCUT2D eigenvalue weighted by molar-refractivity contribution is 5.80. The number of amides is 1. The topological polar surface area (TPSA) is 98.5 Å². The second kappa shape index (κ2) is 9.22. The van der Waals surface area contributed by atoms with E-state index in [1.807, 2.05) is 13.8 Å². The molecule has 1 aromatic carbocycles. The van der Waals surface area contributed by atoms with Crippen molar-refractivity contribution in [2.75, 3.05) is 13.2 Å². The molecule has 2 heterocycles. The Morgan fingerprint density at radius 1 is 1.17 bits per heavy atom. The molecule has 2 aromatic heterocycles. The molecule has 1 amide bonds. The number of aromatic nitrogens is 4. The van der Waals surface area contributed by atoms with E-state index in [0.717, 1.165) is 22.5 Å². The first kappa shape index (κ1) is 20.4. The third-order valence-corrected chi connectivity index (χ3v) is 4.58. The van der Waals surface area contributed by atoms with Gasteiger partial charge < -0.3 is 10.1 Å². The number of aryl methyl sites for hydroxylation is 2. The molecule has 3 rings (SSSR count). The maximum Gasteiger partial charge on any atom is 0.306 e. The SMILES string of the molecule is Cc1nc2ncnn2c(C)c1CCC(=O)OCC(=O)NCCc1ccc(F)cc1. The lowest BCUT2D eigenvalue weighted by atomic mass is 10.1. The number of ether oxygens (including phenoxy) is 1. The minimum Gasteiger partial charge on any atom is -0.456 e. The Balaban J connectivity index is 1.40. The quantitative estimate of drug-likeness (QED) is 0.579. The number of halogens is 1. The van der Waals surface area contributed by atoms with Crippen molar-refractivity contribution in [2.24, 2.45) is 0 Å². The summed E-state index contributed by atoms with van der Waals surface area (Å²) in [5, 5.41) is 6.79. The molecular weight excluding hydrogens is 377 g/mol. The smallest absolute Gasteiger partial charge is 0.306 e. The fourth-order valence-corrected chi connectivity index (χ4v) is 3.01. The fraction of sp³-hybridized carbons (Fsp3) is 0.350. The standard InChI is InChI=1S/C20H22FN5O3/c1-13-17(14(2)26-20(25-13)23-12-24-26)7-8-19(28)29-11-18(27)22-10-9-15-3-5-16(21)6-4-15/h3-6,12H,7-11H2,1-2H3,(H,22,27). The van der Waals surface area contributed by atoms with Crippen LogP contribution in [0.2, 0.25) is 0 Å². The summed E-state index contributed by atoms with van der Waals surface area (Å²) in [6.45, 7) is 3.80. The van der Waals surface area contributed by atoms with E-state index >= 15 is 0 Å². The zero-order chi connectivity index (χ0) is 20.8. The van der Waals surface area contributed by atoms with Gasteiger partial charge in [0.15, 0.2) is 6.61 Å². The number of esters is 1. The molecule has 0 saturated heterocycles. The van der Waals surface area contributed by atoms with Gasteiger partial charge in [0, 0.05) is 24.4 Å².